The van der Waals surface area contributed by atoms with Crippen LogP contribution in [-0.4, -0.2) is 19.7 Å². The summed E-state index contributed by atoms with van der Waals surface area (Å²) in [6.07, 6.45) is 0. The van der Waals surface area contributed by atoms with Crippen LogP contribution in [0.4, 0.5) is 5.69 Å². The number of nitrogens with two attached hydrogens (primary N) is 1. The highest BCUT2D eigenvalue weighted by Gasteiger charge is 2.14. The molecular formula is C13H22N2O. The number of hydrogen-bond acceptors (Lipinski definition) is 3. The molecule has 0 spiro atoms. The Hall–Kier alpha value is -1.22. The number of ether oxygens (including phenoxy) is 1. The highest BCUT2D eigenvalue weighted by Crippen LogP contribution is 2.18. The Morgan fingerprint density at radius 1 is 1.25 bits per heavy atom. The number of rotatable bonds is 6. The molecule has 0 aliphatic heterocycles. The van der Waals surface area contributed by atoms with E-state index in [1.165, 1.54) is 0 Å². The van der Waals surface area contributed by atoms with Crippen LogP contribution in [0.2, 0.25) is 0 Å². The molecule has 0 heterocycles. The van der Waals surface area contributed by atoms with E-state index in [0.29, 0.717) is 13.2 Å². The molecule has 0 saturated carbocycles. The first-order valence-electron chi connectivity index (χ1n) is 5.74. The van der Waals surface area contributed by atoms with Gasteiger partial charge in [0.2, 0.25) is 0 Å². The first kappa shape index (κ1) is 12.8. The summed E-state index contributed by atoms with van der Waals surface area (Å²) in [7, 11) is 0. The van der Waals surface area contributed by atoms with Gasteiger partial charge in [-0.1, -0.05) is 13.8 Å². The molecule has 0 aliphatic rings. The SMILES string of the molecule is CCOc1ccc(NCC(C)(C)CN)cc1. The largest absolute Gasteiger partial charge is 0.494 e. The Kier molecular flexibility index (Phi) is 4.62. The summed E-state index contributed by atoms with van der Waals surface area (Å²) in [5.41, 5.74) is 6.90. The molecule has 0 unspecified atom stereocenters. The van der Waals surface area contributed by atoms with E-state index in [-0.39, 0.29) is 5.41 Å². The quantitative estimate of drug-likeness (QED) is 0.777. The van der Waals surface area contributed by atoms with Crippen LogP contribution < -0.4 is 15.8 Å². The summed E-state index contributed by atoms with van der Waals surface area (Å²) in [6, 6.07) is 8.00. The first-order valence-corrected chi connectivity index (χ1v) is 5.74. The third kappa shape index (κ3) is 4.11. The number of hydrogen-bond donors (Lipinski definition) is 2. The fourth-order valence-corrected chi connectivity index (χ4v) is 1.25. The Morgan fingerprint density at radius 3 is 2.38 bits per heavy atom. The number of anilines is 1. The van der Waals surface area contributed by atoms with E-state index in [2.05, 4.69) is 19.2 Å². The molecule has 1 aromatic carbocycles. The Balaban J connectivity index is 2.49. The van der Waals surface area contributed by atoms with Crippen molar-refractivity contribution in [2.75, 3.05) is 25.0 Å². The van der Waals surface area contributed by atoms with Crippen molar-refractivity contribution in [3.05, 3.63) is 24.3 Å². The molecule has 0 aliphatic carbocycles. The van der Waals surface area contributed by atoms with Crippen molar-refractivity contribution in [1.29, 1.82) is 0 Å². The minimum Gasteiger partial charge on any atom is -0.494 e. The van der Waals surface area contributed by atoms with Crippen LogP contribution in [0.3, 0.4) is 0 Å². The van der Waals surface area contributed by atoms with Crippen LogP contribution in [0.15, 0.2) is 24.3 Å². The Bertz CT molecular complexity index is 306. The normalized spacial score (nSPS) is 11.2. The Labute approximate surface area is 98.0 Å². The maximum Gasteiger partial charge on any atom is 0.119 e. The third-order valence-corrected chi connectivity index (χ3v) is 2.49. The van der Waals surface area contributed by atoms with Gasteiger partial charge >= 0.3 is 0 Å². The van der Waals surface area contributed by atoms with Gasteiger partial charge in [0.15, 0.2) is 0 Å². The lowest BCUT2D eigenvalue weighted by Crippen LogP contribution is -2.31. The zero-order chi connectivity index (χ0) is 12.0. The molecule has 0 fully saturated rings. The minimum absolute atomic E-state index is 0.124. The fourth-order valence-electron chi connectivity index (χ4n) is 1.25. The third-order valence-electron chi connectivity index (χ3n) is 2.49. The Morgan fingerprint density at radius 2 is 1.88 bits per heavy atom. The summed E-state index contributed by atoms with van der Waals surface area (Å²) in [5.74, 6) is 0.908. The zero-order valence-corrected chi connectivity index (χ0v) is 10.4. The molecule has 0 aromatic heterocycles. The van der Waals surface area contributed by atoms with Crippen molar-refractivity contribution in [3.8, 4) is 5.75 Å². The lowest BCUT2D eigenvalue weighted by Gasteiger charge is -2.23. The molecule has 1 rings (SSSR count). The molecule has 1 aromatic rings. The van der Waals surface area contributed by atoms with Crippen molar-refractivity contribution in [2.45, 2.75) is 20.8 Å². The van der Waals surface area contributed by atoms with Gasteiger partial charge < -0.3 is 15.8 Å². The van der Waals surface area contributed by atoms with E-state index in [9.17, 15) is 0 Å². The molecular weight excluding hydrogens is 200 g/mol. The molecule has 3 nitrogen and oxygen atoms in total. The number of benzene rings is 1. The predicted molar refractivity (Wildman–Crippen MR) is 68.9 cm³/mol. The standard InChI is InChI=1S/C13H22N2O/c1-4-16-12-7-5-11(6-8-12)15-10-13(2,3)9-14/h5-8,15H,4,9-10,14H2,1-3H3. The van der Waals surface area contributed by atoms with Gasteiger partial charge in [0.05, 0.1) is 6.61 Å². The van der Waals surface area contributed by atoms with E-state index < -0.39 is 0 Å². The minimum atomic E-state index is 0.124. The van der Waals surface area contributed by atoms with Crippen LogP contribution in [0.1, 0.15) is 20.8 Å². The summed E-state index contributed by atoms with van der Waals surface area (Å²) in [6.45, 7) is 8.53. The van der Waals surface area contributed by atoms with Gasteiger partial charge in [0.25, 0.3) is 0 Å². The molecule has 90 valence electrons. The van der Waals surface area contributed by atoms with E-state index in [0.717, 1.165) is 18.0 Å². The molecule has 0 amide bonds. The average molecular weight is 222 g/mol. The second-order valence-corrected chi connectivity index (χ2v) is 4.68. The number of nitrogens with one attached hydrogen (secondary N) is 1. The van der Waals surface area contributed by atoms with Gasteiger partial charge in [0.1, 0.15) is 5.75 Å². The van der Waals surface area contributed by atoms with Gasteiger partial charge in [0, 0.05) is 12.2 Å². The molecule has 0 atom stereocenters. The van der Waals surface area contributed by atoms with Gasteiger partial charge in [-0.05, 0) is 43.1 Å². The van der Waals surface area contributed by atoms with Crippen molar-refractivity contribution in [3.63, 3.8) is 0 Å². The van der Waals surface area contributed by atoms with Crippen LogP contribution in [-0.2, 0) is 0 Å². The highest BCUT2D eigenvalue weighted by molar-refractivity contribution is 5.46. The van der Waals surface area contributed by atoms with E-state index in [1.807, 2.05) is 31.2 Å². The van der Waals surface area contributed by atoms with Gasteiger partial charge in [-0.15, -0.1) is 0 Å². The van der Waals surface area contributed by atoms with Crippen LogP contribution >= 0.6 is 0 Å². The highest BCUT2D eigenvalue weighted by atomic mass is 16.5. The average Bonchev–Trinajstić information content (AvgIpc) is 2.29. The maximum atomic E-state index is 5.67. The molecule has 3 heteroatoms. The van der Waals surface area contributed by atoms with Gasteiger partial charge in [-0.3, -0.25) is 0 Å². The zero-order valence-electron chi connectivity index (χ0n) is 10.4. The van der Waals surface area contributed by atoms with Gasteiger partial charge in [-0.2, -0.15) is 0 Å². The van der Waals surface area contributed by atoms with Crippen molar-refractivity contribution in [1.82, 2.24) is 0 Å². The predicted octanol–water partition coefficient (Wildman–Crippen LogP) is 2.48. The van der Waals surface area contributed by atoms with Crippen LogP contribution in [0.25, 0.3) is 0 Å². The fraction of sp³-hybridized carbons (Fsp3) is 0.538. The van der Waals surface area contributed by atoms with Crippen molar-refractivity contribution < 1.29 is 4.74 Å². The molecule has 0 saturated heterocycles. The second-order valence-electron chi connectivity index (χ2n) is 4.68. The summed E-state index contributed by atoms with van der Waals surface area (Å²) in [4.78, 5) is 0. The van der Waals surface area contributed by atoms with E-state index in [4.69, 9.17) is 10.5 Å². The monoisotopic (exact) mass is 222 g/mol. The van der Waals surface area contributed by atoms with Crippen molar-refractivity contribution in [2.24, 2.45) is 11.1 Å². The van der Waals surface area contributed by atoms with Gasteiger partial charge in [-0.25, -0.2) is 0 Å². The molecule has 3 N–H and O–H groups in total. The summed E-state index contributed by atoms with van der Waals surface area (Å²) in [5, 5.41) is 3.37. The lowest BCUT2D eigenvalue weighted by molar-refractivity contribution is 0.340. The van der Waals surface area contributed by atoms with E-state index in [1.54, 1.807) is 0 Å². The van der Waals surface area contributed by atoms with Crippen molar-refractivity contribution >= 4 is 5.69 Å². The second kappa shape index (κ2) is 5.75. The smallest absolute Gasteiger partial charge is 0.119 e. The maximum absolute atomic E-state index is 5.67. The van der Waals surface area contributed by atoms with E-state index >= 15 is 0 Å². The molecule has 0 bridgehead atoms. The van der Waals surface area contributed by atoms with Crippen LogP contribution in [0.5, 0.6) is 5.75 Å². The van der Waals surface area contributed by atoms with Crippen LogP contribution in [0, 0.1) is 5.41 Å². The summed E-state index contributed by atoms with van der Waals surface area (Å²) < 4.78 is 5.38. The molecule has 0 radical (unpaired) electrons. The first-order chi connectivity index (χ1) is 7.57. The lowest BCUT2D eigenvalue weighted by atomic mass is 9.94. The topological polar surface area (TPSA) is 47.3 Å². The molecule has 16 heavy (non-hydrogen) atoms. The summed E-state index contributed by atoms with van der Waals surface area (Å²) >= 11 is 0.